The van der Waals surface area contributed by atoms with Crippen molar-refractivity contribution >= 4 is 0 Å². The number of rotatable bonds is 3. The number of hydrogen-bond donors (Lipinski definition) is 0. The molecule has 1 aromatic rings. The Bertz CT molecular complexity index is 378. The zero-order valence-electron chi connectivity index (χ0n) is 10.6. The summed E-state index contributed by atoms with van der Waals surface area (Å²) in [4.78, 5) is 8.73. The van der Waals surface area contributed by atoms with Gasteiger partial charge in [-0.1, -0.05) is 20.8 Å². The number of ether oxygens (including phenoxy) is 1. The highest BCUT2D eigenvalue weighted by Gasteiger charge is 2.34. The van der Waals surface area contributed by atoms with E-state index in [2.05, 4.69) is 30.7 Å². The molecule has 0 N–H and O–H groups in total. The summed E-state index contributed by atoms with van der Waals surface area (Å²) in [5.74, 6) is 1.41. The summed E-state index contributed by atoms with van der Waals surface area (Å²) in [5, 5.41) is 0. The minimum Gasteiger partial charge on any atom is -0.478 e. The molecule has 0 amide bonds. The largest absolute Gasteiger partial charge is 0.478 e. The Balaban J connectivity index is 2.48. The van der Waals surface area contributed by atoms with Crippen molar-refractivity contribution in [2.75, 3.05) is 6.61 Å². The summed E-state index contributed by atoms with van der Waals surface area (Å²) in [5.41, 5.74) is 2.44. The van der Waals surface area contributed by atoms with Gasteiger partial charge in [0.15, 0.2) is 0 Å². The first-order chi connectivity index (χ1) is 7.54. The Morgan fingerprint density at radius 2 is 2.00 bits per heavy atom. The van der Waals surface area contributed by atoms with E-state index >= 15 is 0 Å². The van der Waals surface area contributed by atoms with Crippen LogP contribution in [0.25, 0.3) is 0 Å². The fourth-order valence-electron chi connectivity index (χ4n) is 2.00. The van der Waals surface area contributed by atoms with Crippen LogP contribution in [-0.4, -0.2) is 16.6 Å². The third-order valence-corrected chi connectivity index (χ3v) is 2.84. The zero-order valence-corrected chi connectivity index (χ0v) is 10.6. The van der Waals surface area contributed by atoms with Gasteiger partial charge in [0, 0.05) is 11.5 Å². The van der Waals surface area contributed by atoms with Crippen LogP contribution in [-0.2, 0) is 5.41 Å². The van der Waals surface area contributed by atoms with Gasteiger partial charge in [-0.05, 0) is 25.2 Å². The molecule has 16 heavy (non-hydrogen) atoms. The first kappa shape index (κ1) is 11.4. The van der Waals surface area contributed by atoms with Crippen molar-refractivity contribution in [2.45, 2.75) is 51.9 Å². The average Bonchev–Trinajstić information content (AvgIpc) is 2.99. The Hall–Kier alpha value is -1.12. The molecule has 1 aliphatic rings. The minimum atomic E-state index is 0.0453. The molecule has 2 rings (SSSR count). The van der Waals surface area contributed by atoms with E-state index in [1.54, 1.807) is 6.33 Å². The highest BCUT2D eigenvalue weighted by atomic mass is 16.5. The van der Waals surface area contributed by atoms with Gasteiger partial charge in [0.2, 0.25) is 5.88 Å². The van der Waals surface area contributed by atoms with Crippen LogP contribution in [0.15, 0.2) is 6.33 Å². The maximum atomic E-state index is 5.63. The van der Waals surface area contributed by atoms with Crippen molar-refractivity contribution in [3.05, 3.63) is 17.6 Å². The van der Waals surface area contributed by atoms with Crippen molar-refractivity contribution in [3.63, 3.8) is 0 Å². The van der Waals surface area contributed by atoms with Crippen LogP contribution in [0, 0.1) is 0 Å². The highest BCUT2D eigenvalue weighted by molar-refractivity contribution is 5.39. The second-order valence-corrected chi connectivity index (χ2v) is 5.40. The lowest BCUT2D eigenvalue weighted by Crippen LogP contribution is -2.18. The fraction of sp³-hybridized carbons (Fsp3) is 0.692. The van der Waals surface area contributed by atoms with E-state index in [1.165, 1.54) is 24.1 Å². The molecule has 1 aliphatic carbocycles. The first-order valence-electron chi connectivity index (χ1n) is 6.02. The molecule has 1 fully saturated rings. The average molecular weight is 220 g/mol. The minimum absolute atomic E-state index is 0.0453. The zero-order chi connectivity index (χ0) is 11.8. The van der Waals surface area contributed by atoms with E-state index in [0.29, 0.717) is 12.5 Å². The third kappa shape index (κ3) is 2.18. The smallest absolute Gasteiger partial charge is 0.220 e. The molecule has 0 aliphatic heterocycles. The van der Waals surface area contributed by atoms with E-state index in [0.717, 1.165) is 5.88 Å². The Kier molecular flexibility index (Phi) is 2.87. The van der Waals surface area contributed by atoms with Gasteiger partial charge in [-0.15, -0.1) is 0 Å². The Morgan fingerprint density at radius 1 is 1.31 bits per heavy atom. The van der Waals surface area contributed by atoms with Crippen LogP contribution in [0.4, 0.5) is 0 Å². The Morgan fingerprint density at radius 3 is 2.50 bits per heavy atom. The lowest BCUT2D eigenvalue weighted by molar-refractivity contribution is 0.314. The second-order valence-electron chi connectivity index (χ2n) is 5.40. The first-order valence-corrected chi connectivity index (χ1v) is 6.02. The molecule has 1 saturated carbocycles. The lowest BCUT2D eigenvalue weighted by Gasteiger charge is -2.24. The van der Waals surface area contributed by atoms with Gasteiger partial charge < -0.3 is 4.74 Å². The molecule has 3 heteroatoms. The maximum Gasteiger partial charge on any atom is 0.220 e. The molecule has 0 aromatic carbocycles. The van der Waals surface area contributed by atoms with E-state index in [4.69, 9.17) is 4.74 Å². The lowest BCUT2D eigenvalue weighted by atomic mass is 9.85. The van der Waals surface area contributed by atoms with Gasteiger partial charge in [-0.25, -0.2) is 9.97 Å². The third-order valence-electron chi connectivity index (χ3n) is 2.84. The maximum absolute atomic E-state index is 5.63. The van der Waals surface area contributed by atoms with E-state index < -0.39 is 0 Å². The van der Waals surface area contributed by atoms with Crippen molar-refractivity contribution in [1.29, 1.82) is 0 Å². The molecule has 0 spiro atoms. The second kappa shape index (κ2) is 4.04. The summed E-state index contributed by atoms with van der Waals surface area (Å²) < 4.78 is 5.63. The van der Waals surface area contributed by atoms with Crippen molar-refractivity contribution in [2.24, 2.45) is 0 Å². The molecule has 1 heterocycles. The summed E-state index contributed by atoms with van der Waals surface area (Å²) in [7, 11) is 0. The van der Waals surface area contributed by atoms with Gasteiger partial charge in [0.05, 0.1) is 12.3 Å². The van der Waals surface area contributed by atoms with Crippen LogP contribution in [0.1, 0.15) is 57.7 Å². The summed E-state index contributed by atoms with van der Waals surface area (Å²) in [6.45, 7) is 9.23. The van der Waals surface area contributed by atoms with E-state index in [9.17, 15) is 0 Å². The summed E-state index contributed by atoms with van der Waals surface area (Å²) in [6, 6.07) is 0. The Labute approximate surface area is 97.3 Å². The molecule has 0 unspecified atom stereocenters. The van der Waals surface area contributed by atoms with E-state index in [1.807, 2.05) is 6.92 Å². The van der Waals surface area contributed by atoms with Crippen LogP contribution < -0.4 is 4.74 Å². The van der Waals surface area contributed by atoms with Crippen LogP contribution in [0.5, 0.6) is 5.88 Å². The molecule has 0 saturated heterocycles. The van der Waals surface area contributed by atoms with Crippen LogP contribution >= 0.6 is 0 Å². The van der Waals surface area contributed by atoms with Crippen molar-refractivity contribution in [3.8, 4) is 5.88 Å². The molecule has 0 bridgehead atoms. The molecule has 88 valence electrons. The number of nitrogens with zero attached hydrogens (tertiary/aromatic N) is 2. The van der Waals surface area contributed by atoms with Gasteiger partial charge in [-0.2, -0.15) is 0 Å². The predicted octanol–water partition coefficient (Wildman–Crippen LogP) is 3.05. The molecule has 3 nitrogen and oxygen atoms in total. The normalized spacial score (nSPS) is 16.2. The topological polar surface area (TPSA) is 35.0 Å². The standard InChI is InChI=1S/C13H20N2O/c1-5-16-12-10(13(2,3)4)11(9-6-7-9)14-8-15-12/h8-9H,5-7H2,1-4H3. The molecule has 1 aromatic heterocycles. The van der Waals surface area contributed by atoms with Crippen LogP contribution in [0.2, 0.25) is 0 Å². The van der Waals surface area contributed by atoms with Gasteiger partial charge in [0.25, 0.3) is 0 Å². The predicted molar refractivity (Wildman–Crippen MR) is 63.9 cm³/mol. The monoisotopic (exact) mass is 220 g/mol. The van der Waals surface area contributed by atoms with Gasteiger partial charge in [0.1, 0.15) is 6.33 Å². The quantitative estimate of drug-likeness (QED) is 0.785. The SMILES string of the molecule is CCOc1ncnc(C2CC2)c1C(C)(C)C. The van der Waals surface area contributed by atoms with E-state index in [-0.39, 0.29) is 5.41 Å². The molecule has 0 radical (unpaired) electrons. The number of aromatic nitrogens is 2. The van der Waals surface area contributed by atoms with Crippen molar-refractivity contribution in [1.82, 2.24) is 9.97 Å². The molecular weight excluding hydrogens is 200 g/mol. The van der Waals surface area contributed by atoms with Gasteiger partial charge in [-0.3, -0.25) is 0 Å². The highest BCUT2D eigenvalue weighted by Crippen LogP contribution is 2.45. The van der Waals surface area contributed by atoms with Crippen LogP contribution in [0.3, 0.4) is 0 Å². The van der Waals surface area contributed by atoms with Gasteiger partial charge >= 0.3 is 0 Å². The fourth-order valence-corrected chi connectivity index (χ4v) is 2.00. The van der Waals surface area contributed by atoms with Crippen molar-refractivity contribution < 1.29 is 4.74 Å². The summed E-state index contributed by atoms with van der Waals surface area (Å²) >= 11 is 0. The molecular formula is C13H20N2O. The molecule has 0 atom stereocenters. The summed E-state index contributed by atoms with van der Waals surface area (Å²) in [6.07, 6.45) is 4.14. The number of hydrogen-bond acceptors (Lipinski definition) is 3.